The lowest BCUT2D eigenvalue weighted by Crippen LogP contribution is -2.22. The van der Waals surface area contributed by atoms with Crippen LogP contribution in [-0.2, 0) is 18.0 Å². The van der Waals surface area contributed by atoms with Gasteiger partial charge in [0.1, 0.15) is 19.1 Å². The van der Waals surface area contributed by atoms with Crippen molar-refractivity contribution in [3.05, 3.63) is 40.0 Å². The zero-order valence-corrected chi connectivity index (χ0v) is 15.0. The van der Waals surface area contributed by atoms with Crippen molar-refractivity contribution in [1.29, 1.82) is 0 Å². The lowest BCUT2D eigenvalue weighted by Gasteiger charge is -2.15. The number of hydrogen-bond donors (Lipinski definition) is 0. The average Bonchev–Trinajstić information content (AvgIpc) is 3.01. The minimum Gasteiger partial charge on any atom is -0.360 e. The van der Waals surface area contributed by atoms with Gasteiger partial charge >= 0.3 is 5.69 Å². The van der Waals surface area contributed by atoms with Crippen molar-refractivity contribution in [3.8, 4) is 0 Å². The van der Waals surface area contributed by atoms with Crippen LogP contribution in [0.25, 0.3) is 0 Å². The van der Waals surface area contributed by atoms with E-state index in [9.17, 15) is 10.1 Å². The molecule has 2 aromatic heterocycles. The van der Waals surface area contributed by atoms with Crippen LogP contribution in [0.15, 0.2) is 18.5 Å². The maximum absolute atomic E-state index is 10.7. The quantitative estimate of drug-likeness (QED) is 0.320. The Labute approximate surface area is 136 Å². The van der Waals surface area contributed by atoms with E-state index >= 15 is 0 Å². The summed E-state index contributed by atoms with van der Waals surface area (Å²) in [7, 11) is -1.11. The number of hydrogen-bond acceptors (Lipinski definition) is 5. The van der Waals surface area contributed by atoms with Crippen molar-refractivity contribution in [2.24, 2.45) is 0 Å². The summed E-state index contributed by atoms with van der Waals surface area (Å²) in [5, 5.41) is 19.1. The molecule has 23 heavy (non-hydrogen) atoms. The summed E-state index contributed by atoms with van der Waals surface area (Å²) in [6.07, 6.45) is 2.66. The molecule has 0 aliphatic heterocycles. The summed E-state index contributed by atoms with van der Waals surface area (Å²) < 4.78 is 9.05. The zero-order valence-electron chi connectivity index (χ0n) is 14.0. The summed E-state index contributed by atoms with van der Waals surface area (Å²) in [5.41, 5.74) is 1.78. The van der Waals surface area contributed by atoms with Gasteiger partial charge in [0, 0.05) is 14.7 Å². The first-order valence-electron chi connectivity index (χ1n) is 7.52. The lowest BCUT2D eigenvalue weighted by atomic mass is 10.4. The molecular formula is C14H23N5O3Si. The predicted molar refractivity (Wildman–Crippen MR) is 89.1 cm³/mol. The highest BCUT2D eigenvalue weighted by Crippen LogP contribution is 2.12. The molecule has 2 heterocycles. The Bertz CT molecular complexity index is 674. The zero-order chi connectivity index (χ0) is 17.0. The van der Waals surface area contributed by atoms with Gasteiger partial charge in [0.05, 0.1) is 22.9 Å². The van der Waals surface area contributed by atoms with Crippen LogP contribution in [0.2, 0.25) is 25.7 Å². The number of ether oxygens (including phenoxy) is 1. The molecule has 0 saturated carbocycles. The summed E-state index contributed by atoms with van der Waals surface area (Å²) >= 11 is 0. The van der Waals surface area contributed by atoms with Gasteiger partial charge < -0.3 is 4.74 Å². The summed E-state index contributed by atoms with van der Waals surface area (Å²) in [6, 6.07) is 3.04. The number of aromatic nitrogens is 4. The van der Waals surface area contributed by atoms with Gasteiger partial charge in [-0.15, -0.1) is 0 Å². The minimum atomic E-state index is -1.11. The third kappa shape index (κ3) is 5.29. The van der Waals surface area contributed by atoms with Crippen molar-refractivity contribution in [2.45, 2.75) is 45.9 Å². The van der Waals surface area contributed by atoms with Crippen molar-refractivity contribution in [1.82, 2.24) is 19.6 Å². The molecule has 0 N–H and O–H groups in total. The standard InChI is InChI=1S/C14H23N5O3Si/c1-12-7-13(9-17-10-14(8-15-17)19(20)21)18(16-12)11-22-5-6-23(2,3)4/h7-8,10H,5-6,9,11H2,1-4H3. The minimum absolute atomic E-state index is 0.0147. The van der Waals surface area contributed by atoms with Crippen molar-refractivity contribution < 1.29 is 9.66 Å². The second-order valence-electron chi connectivity index (χ2n) is 6.78. The third-order valence-corrected chi connectivity index (χ3v) is 5.05. The lowest BCUT2D eigenvalue weighted by molar-refractivity contribution is -0.385. The number of aryl methyl sites for hydroxylation is 1. The molecule has 0 atom stereocenters. The van der Waals surface area contributed by atoms with Crippen LogP contribution in [0.4, 0.5) is 5.69 Å². The van der Waals surface area contributed by atoms with Crippen molar-refractivity contribution >= 4 is 13.8 Å². The topological polar surface area (TPSA) is 88.0 Å². The van der Waals surface area contributed by atoms with Crippen LogP contribution < -0.4 is 0 Å². The highest BCUT2D eigenvalue weighted by Gasteiger charge is 2.14. The fourth-order valence-corrected chi connectivity index (χ4v) is 2.82. The molecule has 0 saturated heterocycles. The van der Waals surface area contributed by atoms with E-state index in [1.165, 1.54) is 17.1 Å². The Kier molecular flexibility index (Phi) is 5.32. The van der Waals surface area contributed by atoms with Gasteiger partial charge in [-0.25, -0.2) is 4.68 Å². The maximum atomic E-state index is 10.7. The van der Waals surface area contributed by atoms with E-state index in [-0.39, 0.29) is 5.69 Å². The predicted octanol–water partition coefficient (Wildman–Crippen LogP) is 2.66. The van der Waals surface area contributed by atoms with Crippen LogP contribution in [0.3, 0.4) is 0 Å². The van der Waals surface area contributed by atoms with Gasteiger partial charge in [-0.3, -0.25) is 14.8 Å². The Balaban J connectivity index is 1.98. The molecule has 126 valence electrons. The molecule has 0 aliphatic carbocycles. The van der Waals surface area contributed by atoms with E-state index in [4.69, 9.17) is 4.74 Å². The molecule has 0 fully saturated rings. The first kappa shape index (κ1) is 17.4. The monoisotopic (exact) mass is 337 g/mol. The normalized spacial score (nSPS) is 11.8. The van der Waals surface area contributed by atoms with Crippen molar-refractivity contribution in [2.75, 3.05) is 6.61 Å². The van der Waals surface area contributed by atoms with Gasteiger partial charge in [-0.05, 0) is 19.0 Å². The van der Waals surface area contributed by atoms with Gasteiger partial charge in [-0.2, -0.15) is 10.2 Å². The average molecular weight is 337 g/mol. The van der Waals surface area contributed by atoms with E-state index in [0.29, 0.717) is 13.3 Å². The van der Waals surface area contributed by atoms with E-state index in [2.05, 4.69) is 29.8 Å². The molecular weight excluding hydrogens is 314 g/mol. The fourth-order valence-electron chi connectivity index (χ4n) is 2.07. The molecule has 0 spiro atoms. The maximum Gasteiger partial charge on any atom is 0.307 e. The van der Waals surface area contributed by atoms with Gasteiger partial charge in [0.2, 0.25) is 0 Å². The van der Waals surface area contributed by atoms with Crippen LogP contribution in [-0.4, -0.2) is 39.2 Å². The summed E-state index contributed by atoms with van der Waals surface area (Å²) in [6.45, 7) is 10.4. The first-order valence-corrected chi connectivity index (χ1v) is 11.2. The highest BCUT2D eigenvalue weighted by atomic mass is 28.3. The largest absolute Gasteiger partial charge is 0.360 e. The Morgan fingerprint density at radius 1 is 1.39 bits per heavy atom. The number of nitro groups is 1. The molecule has 9 heteroatoms. The summed E-state index contributed by atoms with van der Waals surface area (Å²) in [4.78, 5) is 10.3. The van der Waals surface area contributed by atoms with E-state index in [1.807, 2.05) is 13.0 Å². The molecule has 0 aromatic carbocycles. The van der Waals surface area contributed by atoms with Crippen LogP contribution in [0, 0.1) is 17.0 Å². The van der Waals surface area contributed by atoms with E-state index < -0.39 is 13.0 Å². The van der Waals surface area contributed by atoms with Crippen LogP contribution in [0.5, 0.6) is 0 Å². The first-order chi connectivity index (χ1) is 10.7. The van der Waals surface area contributed by atoms with Crippen LogP contribution in [0.1, 0.15) is 11.4 Å². The van der Waals surface area contributed by atoms with Crippen molar-refractivity contribution in [3.63, 3.8) is 0 Å². The number of nitrogens with zero attached hydrogens (tertiary/aromatic N) is 5. The van der Waals surface area contributed by atoms with Gasteiger partial charge in [0.25, 0.3) is 0 Å². The Morgan fingerprint density at radius 3 is 2.74 bits per heavy atom. The molecule has 0 bridgehead atoms. The summed E-state index contributed by atoms with van der Waals surface area (Å²) in [5.74, 6) is 0. The smallest absolute Gasteiger partial charge is 0.307 e. The molecule has 2 rings (SSSR count). The van der Waals surface area contributed by atoms with Gasteiger partial charge in [-0.1, -0.05) is 19.6 Å². The third-order valence-electron chi connectivity index (χ3n) is 3.35. The SMILES string of the molecule is Cc1cc(Cn2cc([N+](=O)[O-])cn2)n(COCC[Si](C)(C)C)n1. The Hall–Kier alpha value is -2.00. The van der Waals surface area contributed by atoms with E-state index in [0.717, 1.165) is 24.0 Å². The molecule has 0 aliphatic rings. The second kappa shape index (κ2) is 7.05. The molecule has 0 amide bonds. The number of rotatable bonds is 8. The second-order valence-corrected chi connectivity index (χ2v) is 12.4. The highest BCUT2D eigenvalue weighted by molar-refractivity contribution is 6.76. The van der Waals surface area contributed by atoms with Crippen LogP contribution >= 0.6 is 0 Å². The molecule has 0 radical (unpaired) electrons. The van der Waals surface area contributed by atoms with Gasteiger partial charge in [0.15, 0.2) is 0 Å². The molecule has 0 unspecified atom stereocenters. The van der Waals surface area contributed by atoms with E-state index in [1.54, 1.807) is 4.68 Å². The molecule has 2 aromatic rings. The fraction of sp³-hybridized carbons (Fsp3) is 0.571. The Morgan fingerprint density at radius 2 is 2.13 bits per heavy atom. The molecule has 8 nitrogen and oxygen atoms in total.